The molecule has 0 bridgehead atoms. The number of benzene rings is 2. The number of ether oxygens (including phenoxy) is 1. The van der Waals surface area contributed by atoms with Crippen molar-refractivity contribution in [3.63, 3.8) is 0 Å². The minimum absolute atomic E-state index is 0.0711. The van der Waals surface area contributed by atoms with Crippen molar-refractivity contribution in [3.8, 4) is 5.75 Å². The Labute approximate surface area is 142 Å². The molecule has 0 spiro atoms. The number of hydrogen-bond donors (Lipinski definition) is 1. The zero-order chi connectivity index (χ0) is 15.9. The number of halogens is 2. The lowest BCUT2D eigenvalue weighted by Gasteiger charge is -2.17. The Balaban J connectivity index is 1.96. The van der Waals surface area contributed by atoms with E-state index >= 15 is 0 Å². The fourth-order valence-corrected chi connectivity index (χ4v) is 2.79. The van der Waals surface area contributed by atoms with Gasteiger partial charge in [0.05, 0.1) is 11.1 Å². The number of nitrogens with one attached hydrogen (secondary N) is 1. The Kier molecular flexibility index (Phi) is 6.56. The van der Waals surface area contributed by atoms with Gasteiger partial charge in [-0.3, -0.25) is 0 Å². The van der Waals surface area contributed by atoms with Crippen LogP contribution < -0.4 is 10.1 Å². The molecule has 0 aliphatic rings. The summed E-state index contributed by atoms with van der Waals surface area (Å²) in [7, 11) is 0. The summed E-state index contributed by atoms with van der Waals surface area (Å²) < 4.78 is 5.82. The Bertz CT molecular complexity index is 600. The van der Waals surface area contributed by atoms with Gasteiger partial charge in [-0.2, -0.15) is 0 Å². The van der Waals surface area contributed by atoms with E-state index in [0.29, 0.717) is 22.3 Å². The third kappa shape index (κ3) is 5.20. The van der Waals surface area contributed by atoms with Crippen LogP contribution in [0.25, 0.3) is 0 Å². The van der Waals surface area contributed by atoms with Gasteiger partial charge in [0.15, 0.2) is 0 Å². The minimum Gasteiger partial charge on any atom is -0.489 e. The Hall–Kier alpha value is -1.22. The first kappa shape index (κ1) is 17.1. The van der Waals surface area contributed by atoms with Crippen LogP contribution in [0.4, 0.5) is 0 Å². The van der Waals surface area contributed by atoms with Crippen LogP contribution in [0, 0.1) is 0 Å². The average Bonchev–Trinajstić information content (AvgIpc) is 2.47. The quantitative estimate of drug-likeness (QED) is 0.708. The summed E-state index contributed by atoms with van der Waals surface area (Å²) in [6, 6.07) is 14.0. The lowest BCUT2D eigenvalue weighted by Crippen LogP contribution is -2.18. The summed E-state index contributed by atoms with van der Waals surface area (Å²) in [5, 5.41) is 4.60. The highest BCUT2D eigenvalue weighted by atomic mass is 35.5. The van der Waals surface area contributed by atoms with Gasteiger partial charge in [-0.25, -0.2) is 0 Å². The molecule has 118 valence electrons. The normalized spacial score (nSPS) is 11.0. The molecule has 0 aliphatic carbocycles. The molecule has 0 saturated carbocycles. The Morgan fingerprint density at radius 2 is 1.82 bits per heavy atom. The molecule has 4 heteroatoms. The van der Waals surface area contributed by atoms with Crippen LogP contribution in [0.3, 0.4) is 0 Å². The predicted molar refractivity (Wildman–Crippen MR) is 94.1 cm³/mol. The maximum absolute atomic E-state index is 6.25. The lowest BCUT2D eigenvalue weighted by molar-refractivity contribution is 0.239. The zero-order valence-electron chi connectivity index (χ0n) is 12.9. The molecule has 22 heavy (non-hydrogen) atoms. The Morgan fingerprint density at radius 1 is 1.09 bits per heavy atom. The summed E-state index contributed by atoms with van der Waals surface area (Å²) in [4.78, 5) is 0. The molecule has 2 aromatic rings. The van der Waals surface area contributed by atoms with E-state index in [1.54, 1.807) is 6.07 Å². The molecular weight excluding hydrogens is 317 g/mol. The molecule has 0 unspecified atom stereocenters. The topological polar surface area (TPSA) is 21.3 Å². The summed E-state index contributed by atoms with van der Waals surface area (Å²) in [6.07, 6.45) is 1.05. The van der Waals surface area contributed by atoms with E-state index in [0.717, 1.165) is 18.5 Å². The maximum atomic E-state index is 6.25. The monoisotopic (exact) mass is 337 g/mol. The van der Waals surface area contributed by atoms with Gasteiger partial charge in [0.1, 0.15) is 5.75 Å². The van der Waals surface area contributed by atoms with Crippen molar-refractivity contribution in [2.45, 2.75) is 32.9 Å². The molecule has 0 fully saturated rings. The van der Waals surface area contributed by atoms with Crippen LogP contribution in [0.2, 0.25) is 10.0 Å². The van der Waals surface area contributed by atoms with Gasteiger partial charge in [0.25, 0.3) is 0 Å². The molecule has 2 aromatic carbocycles. The van der Waals surface area contributed by atoms with Gasteiger partial charge in [-0.05, 0) is 44.5 Å². The average molecular weight is 338 g/mol. The van der Waals surface area contributed by atoms with Crippen LogP contribution in [-0.4, -0.2) is 12.6 Å². The van der Waals surface area contributed by atoms with E-state index in [1.807, 2.05) is 26.0 Å². The summed E-state index contributed by atoms with van der Waals surface area (Å²) in [5.41, 5.74) is 2.30. The third-order valence-corrected chi connectivity index (χ3v) is 3.69. The zero-order valence-corrected chi connectivity index (χ0v) is 14.4. The molecule has 0 saturated heterocycles. The van der Waals surface area contributed by atoms with Crippen molar-refractivity contribution >= 4 is 23.2 Å². The minimum atomic E-state index is 0.0711. The number of rotatable bonds is 7. The van der Waals surface area contributed by atoms with Crippen molar-refractivity contribution in [2.75, 3.05) is 6.54 Å². The van der Waals surface area contributed by atoms with E-state index in [4.69, 9.17) is 27.9 Å². The molecule has 0 aromatic heterocycles. The van der Waals surface area contributed by atoms with Crippen molar-refractivity contribution in [1.82, 2.24) is 5.32 Å². The largest absolute Gasteiger partial charge is 0.489 e. The van der Waals surface area contributed by atoms with E-state index in [9.17, 15) is 0 Å². The second-order valence-corrected chi connectivity index (χ2v) is 6.30. The van der Waals surface area contributed by atoms with Gasteiger partial charge < -0.3 is 10.1 Å². The van der Waals surface area contributed by atoms with E-state index in [1.165, 1.54) is 5.56 Å². The van der Waals surface area contributed by atoms with Gasteiger partial charge in [-0.1, -0.05) is 53.5 Å². The highest BCUT2D eigenvalue weighted by molar-refractivity contribution is 6.35. The lowest BCUT2D eigenvalue weighted by atomic mass is 10.1. The van der Waals surface area contributed by atoms with Crippen molar-refractivity contribution in [3.05, 3.63) is 63.6 Å². The van der Waals surface area contributed by atoms with Crippen LogP contribution in [0.1, 0.15) is 25.0 Å². The van der Waals surface area contributed by atoms with Gasteiger partial charge in [0.2, 0.25) is 0 Å². The summed E-state index contributed by atoms with van der Waals surface area (Å²) >= 11 is 12.3. The molecule has 0 aliphatic heterocycles. The predicted octanol–water partition coefficient (Wildman–Crippen LogP) is 5.11. The van der Waals surface area contributed by atoms with Gasteiger partial charge in [0, 0.05) is 17.1 Å². The van der Waals surface area contributed by atoms with E-state index in [2.05, 4.69) is 29.6 Å². The van der Waals surface area contributed by atoms with Gasteiger partial charge in [-0.15, -0.1) is 0 Å². The van der Waals surface area contributed by atoms with Crippen LogP contribution >= 0.6 is 23.2 Å². The fraction of sp³-hybridized carbons (Fsp3) is 0.333. The first-order valence-corrected chi connectivity index (χ1v) is 8.21. The van der Waals surface area contributed by atoms with Crippen LogP contribution in [0.15, 0.2) is 42.5 Å². The second kappa shape index (κ2) is 8.42. The van der Waals surface area contributed by atoms with Crippen molar-refractivity contribution < 1.29 is 4.74 Å². The van der Waals surface area contributed by atoms with Crippen LogP contribution in [-0.2, 0) is 13.0 Å². The Morgan fingerprint density at radius 3 is 2.50 bits per heavy atom. The summed E-state index contributed by atoms with van der Waals surface area (Å²) in [5.74, 6) is 0.716. The van der Waals surface area contributed by atoms with E-state index < -0.39 is 0 Å². The molecule has 0 radical (unpaired) electrons. The fourth-order valence-electron chi connectivity index (χ4n) is 2.21. The summed E-state index contributed by atoms with van der Waals surface area (Å²) in [6.45, 7) is 5.53. The molecule has 0 heterocycles. The first-order valence-electron chi connectivity index (χ1n) is 7.45. The second-order valence-electron chi connectivity index (χ2n) is 5.45. The highest BCUT2D eigenvalue weighted by Gasteiger charge is 2.12. The number of hydrogen-bond acceptors (Lipinski definition) is 2. The SMILES string of the molecule is CC(C)Oc1c(Cl)cc(Cl)cc1CNCCc1ccccc1. The van der Waals surface area contributed by atoms with Crippen LogP contribution in [0.5, 0.6) is 5.75 Å². The first-order chi connectivity index (χ1) is 10.6. The van der Waals surface area contributed by atoms with E-state index in [-0.39, 0.29) is 6.10 Å². The molecule has 0 atom stereocenters. The highest BCUT2D eigenvalue weighted by Crippen LogP contribution is 2.33. The molecule has 2 nitrogen and oxygen atoms in total. The van der Waals surface area contributed by atoms with Gasteiger partial charge >= 0.3 is 0 Å². The maximum Gasteiger partial charge on any atom is 0.142 e. The smallest absolute Gasteiger partial charge is 0.142 e. The molecule has 1 N–H and O–H groups in total. The molecule has 2 rings (SSSR count). The third-order valence-electron chi connectivity index (χ3n) is 3.19. The van der Waals surface area contributed by atoms with Crippen molar-refractivity contribution in [1.29, 1.82) is 0 Å². The standard InChI is InChI=1S/C18H21Cl2NO/c1-13(2)22-18-15(10-16(19)11-17(18)20)12-21-9-8-14-6-4-3-5-7-14/h3-7,10-11,13,21H,8-9,12H2,1-2H3. The molecular formula is C18H21Cl2NO. The van der Waals surface area contributed by atoms with Crippen molar-refractivity contribution in [2.24, 2.45) is 0 Å². The molecule has 0 amide bonds.